The van der Waals surface area contributed by atoms with Crippen LogP contribution in [0.3, 0.4) is 0 Å². The van der Waals surface area contributed by atoms with E-state index in [1.807, 2.05) is 39.0 Å². The van der Waals surface area contributed by atoms with Crippen molar-refractivity contribution < 1.29 is 9.84 Å². The van der Waals surface area contributed by atoms with Crippen molar-refractivity contribution in [3.05, 3.63) is 29.3 Å². The van der Waals surface area contributed by atoms with Crippen LogP contribution in [-0.4, -0.2) is 23.0 Å². The van der Waals surface area contributed by atoms with Crippen molar-refractivity contribution in [1.82, 2.24) is 5.32 Å². The average molecular weight is 251 g/mol. The molecule has 0 aliphatic carbocycles. The van der Waals surface area contributed by atoms with Gasteiger partial charge in [-0.2, -0.15) is 0 Å². The fourth-order valence-electron chi connectivity index (χ4n) is 1.61. The first kappa shape index (κ1) is 15.0. The van der Waals surface area contributed by atoms with E-state index in [9.17, 15) is 5.11 Å². The minimum atomic E-state index is -0.578. The van der Waals surface area contributed by atoms with E-state index in [0.29, 0.717) is 0 Å². The van der Waals surface area contributed by atoms with E-state index in [2.05, 4.69) is 19.2 Å². The highest BCUT2D eigenvalue weighted by Crippen LogP contribution is 2.18. The molecule has 0 saturated heterocycles. The van der Waals surface area contributed by atoms with Crippen LogP contribution in [-0.2, 0) is 0 Å². The first-order valence-corrected chi connectivity index (χ1v) is 6.39. The van der Waals surface area contributed by atoms with Crippen molar-refractivity contribution >= 4 is 0 Å². The number of benzene rings is 1. The third-order valence-electron chi connectivity index (χ3n) is 2.75. The molecule has 0 spiro atoms. The van der Waals surface area contributed by atoms with Crippen LogP contribution in [0.25, 0.3) is 0 Å². The van der Waals surface area contributed by atoms with Gasteiger partial charge in [-0.25, -0.2) is 0 Å². The third kappa shape index (κ3) is 4.67. The van der Waals surface area contributed by atoms with Gasteiger partial charge in [-0.1, -0.05) is 6.07 Å². The molecule has 3 nitrogen and oxygen atoms in total. The molecule has 0 heterocycles. The molecular weight excluding hydrogens is 226 g/mol. The normalized spacial score (nSPS) is 15.3. The van der Waals surface area contributed by atoms with Gasteiger partial charge in [-0.05, 0) is 64.8 Å². The maximum Gasteiger partial charge on any atom is 0.176 e. The Labute approximate surface area is 110 Å². The lowest BCUT2D eigenvalue weighted by Gasteiger charge is -2.30. The Balaban J connectivity index is 2.80. The molecule has 18 heavy (non-hydrogen) atoms. The zero-order chi connectivity index (χ0) is 13.9. The maximum absolute atomic E-state index is 9.77. The van der Waals surface area contributed by atoms with Crippen LogP contribution in [0.1, 0.15) is 38.8 Å². The van der Waals surface area contributed by atoms with Crippen molar-refractivity contribution in [2.75, 3.05) is 0 Å². The minimum absolute atomic E-state index is 0.110. The number of ether oxygens (including phenoxy) is 1. The molecule has 1 aromatic carbocycles. The number of hydrogen-bond acceptors (Lipinski definition) is 3. The summed E-state index contributed by atoms with van der Waals surface area (Å²) in [4.78, 5) is 0. The lowest BCUT2D eigenvalue weighted by Crippen LogP contribution is -2.51. The van der Waals surface area contributed by atoms with Gasteiger partial charge >= 0.3 is 0 Å². The standard InChI is InChI=1S/C15H25NO2/c1-10-7-8-13(9-11(10)2)18-14(12(3)17)16-15(4,5)6/h7-9,12,14,16-17H,1-6H3. The quantitative estimate of drug-likeness (QED) is 0.809. The molecule has 0 aliphatic heterocycles. The average Bonchev–Trinajstić information content (AvgIpc) is 2.20. The molecule has 0 fully saturated rings. The Morgan fingerprint density at radius 2 is 1.78 bits per heavy atom. The van der Waals surface area contributed by atoms with Crippen LogP contribution in [0.15, 0.2) is 18.2 Å². The summed E-state index contributed by atoms with van der Waals surface area (Å²) < 4.78 is 5.83. The minimum Gasteiger partial charge on any atom is -0.473 e. The predicted molar refractivity (Wildman–Crippen MR) is 74.9 cm³/mol. The van der Waals surface area contributed by atoms with Gasteiger partial charge in [0.05, 0.1) is 0 Å². The van der Waals surface area contributed by atoms with Gasteiger partial charge in [-0.3, -0.25) is 5.32 Å². The maximum atomic E-state index is 9.77. The summed E-state index contributed by atoms with van der Waals surface area (Å²) in [6, 6.07) is 5.96. The van der Waals surface area contributed by atoms with Gasteiger partial charge in [0.15, 0.2) is 6.23 Å². The van der Waals surface area contributed by atoms with Gasteiger partial charge < -0.3 is 9.84 Å². The summed E-state index contributed by atoms with van der Waals surface area (Å²) in [5.41, 5.74) is 2.31. The first-order valence-electron chi connectivity index (χ1n) is 6.39. The van der Waals surface area contributed by atoms with E-state index in [1.54, 1.807) is 6.92 Å². The lowest BCUT2D eigenvalue weighted by atomic mass is 10.1. The SMILES string of the molecule is Cc1ccc(OC(NC(C)(C)C)C(C)O)cc1C. The van der Waals surface area contributed by atoms with Gasteiger partial charge in [0, 0.05) is 5.54 Å². The fourth-order valence-corrected chi connectivity index (χ4v) is 1.61. The Hall–Kier alpha value is -1.06. The number of nitrogens with one attached hydrogen (secondary N) is 1. The molecule has 1 rings (SSSR count). The summed E-state index contributed by atoms with van der Waals surface area (Å²) in [6.45, 7) is 12.0. The van der Waals surface area contributed by atoms with Crippen molar-refractivity contribution in [3.8, 4) is 5.75 Å². The topological polar surface area (TPSA) is 41.5 Å². The summed E-state index contributed by atoms with van der Waals surface area (Å²) in [5, 5.41) is 13.0. The van der Waals surface area contributed by atoms with Crippen LogP contribution in [0.5, 0.6) is 5.75 Å². The summed E-state index contributed by atoms with van der Waals surface area (Å²) in [5.74, 6) is 0.778. The Morgan fingerprint density at radius 3 is 2.22 bits per heavy atom. The predicted octanol–water partition coefficient (Wildman–Crippen LogP) is 2.78. The van der Waals surface area contributed by atoms with Gasteiger partial charge in [0.1, 0.15) is 11.9 Å². The molecule has 102 valence electrons. The molecule has 0 amide bonds. The highest BCUT2D eigenvalue weighted by atomic mass is 16.5. The molecule has 2 atom stereocenters. The Kier molecular flexibility index (Phi) is 4.77. The molecule has 0 radical (unpaired) electrons. The van der Waals surface area contributed by atoms with E-state index in [0.717, 1.165) is 5.75 Å². The molecular formula is C15H25NO2. The number of aryl methyl sites for hydroxylation is 2. The largest absolute Gasteiger partial charge is 0.473 e. The molecule has 0 bridgehead atoms. The molecule has 2 N–H and O–H groups in total. The van der Waals surface area contributed by atoms with E-state index in [4.69, 9.17) is 4.74 Å². The highest BCUT2D eigenvalue weighted by molar-refractivity contribution is 5.33. The number of rotatable bonds is 4. The lowest BCUT2D eigenvalue weighted by molar-refractivity contribution is 0.0112. The summed E-state index contributed by atoms with van der Waals surface area (Å²) >= 11 is 0. The summed E-state index contributed by atoms with van der Waals surface area (Å²) in [6.07, 6.45) is -0.988. The van der Waals surface area contributed by atoms with Crippen LogP contribution in [0, 0.1) is 13.8 Å². The Morgan fingerprint density at radius 1 is 1.17 bits per heavy atom. The van der Waals surface area contributed by atoms with E-state index < -0.39 is 12.3 Å². The molecule has 1 aromatic rings. The van der Waals surface area contributed by atoms with Gasteiger partial charge in [0.25, 0.3) is 0 Å². The van der Waals surface area contributed by atoms with Crippen molar-refractivity contribution in [2.45, 2.75) is 59.4 Å². The molecule has 0 saturated carbocycles. The second-order valence-electron chi connectivity index (χ2n) is 5.92. The first-order chi connectivity index (χ1) is 8.19. The second-order valence-corrected chi connectivity index (χ2v) is 5.92. The summed E-state index contributed by atoms with van der Waals surface area (Å²) in [7, 11) is 0. The molecule has 0 aromatic heterocycles. The molecule has 2 unspecified atom stereocenters. The number of hydrogen-bond donors (Lipinski definition) is 2. The fraction of sp³-hybridized carbons (Fsp3) is 0.600. The van der Waals surface area contributed by atoms with E-state index in [1.165, 1.54) is 11.1 Å². The Bertz CT molecular complexity index is 394. The molecule has 3 heteroatoms. The number of aliphatic hydroxyl groups is 1. The highest BCUT2D eigenvalue weighted by Gasteiger charge is 2.22. The van der Waals surface area contributed by atoms with Crippen LogP contribution in [0.2, 0.25) is 0 Å². The van der Waals surface area contributed by atoms with E-state index in [-0.39, 0.29) is 5.54 Å². The second kappa shape index (κ2) is 5.72. The zero-order valence-corrected chi connectivity index (χ0v) is 12.2. The van der Waals surface area contributed by atoms with Gasteiger partial charge in [-0.15, -0.1) is 0 Å². The van der Waals surface area contributed by atoms with Crippen molar-refractivity contribution in [2.24, 2.45) is 0 Å². The molecule has 0 aliphatic rings. The third-order valence-corrected chi connectivity index (χ3v) is 2.75. The van der Waals surface area contributed by atoms with Crippen molar-refractivity contribution in [3.63, 3.8) is 0 Å². The van der Waals surface area contributed by atoms with Crippen LogP contribution >= 0.6 is 0 Å². The smallest absolute Gasteiger partial charge is 0.176 e. The van der Waals surface area contributed by atoms with Gasteiger partial charge in [0.2, 0.25) is 0 Å². The van der Waals surface area contributed by atoms with Crippen LogP contribution in [0.4, 0.5) is 0 Å². The van der Waals surface area contributed by atoms with Crippen molar-refractivity contribution in [1.29, 1.82) is 0 Å². The van der Waals surface area contributed by atoms with Crippen LogP contribution < -0.4 is 10.1 Å². The zero-order valence-electron chi connectivity index (χ0n) is 12.2. The van der Waals surface area contributed by atoms with E-state index >= 15 is 0 Å². The number of aliphatic hydroxyl groups excluding tert-OH is 1. The monoisotopic (exact) mass is 251 g/mol.